The number of sulfone groups is 1. The van der Waals surface area contributed by atoms with E-state index in [9.17, 15) is 13.2 Å². The quantitative estimate of drug-likeness (QED) is 0.391. The van der Waals surface area contributed by atoms with Gasteiger partial charge in [-0.15, -0.1) is 0 Å². The predicted octanol–water partition coefficient (Wildman–Crippen LogP) is 3.75. The number of hydrogen-bond acceptors (Lipinski definition) is 7. The molecule has 0 bridgehead atoms. The van der Waals surface area contributed by atoms with E-state index in [1.807, 2.05) is 12.1 Å². The number of hydrogen-bond donors (Lipinski definition) is 2. The molecule has 2 N–H and O–H groups in total. The van der Waals surface area contributed by atoms with E-state index < -0.39 is 9.84 Å². The van der Waals surface area contributed by atoms with Gasteiger partial charge in [-0.2, -0.15) is 5.10 Å². The largest absolute Gasteiger partial charge is 0.371 e. The highest BCUT2D eigenvalue weighted by molar-refractivity contribution is 7.91. The maximum absolute atomic E-state index is 12.9. The highest BCUT2D eigenvalue weighted by Crippen LogP contribution is 2.52. The Morgan fingerprint density at radius 2 is 1.78 bits per heavy atom. The number of fused-ring (bicyclic) bond motifs is 1. The second kappa shape index (κ2) is 12.2. The van der Waals surface area contributed by atoms with Crippen LogP contribution in [0.5, 0.6) is 0 Å². The number of carbonyl (C=O) groups is 1. The Bertz CT molecular complexity index is 1620. The maximum atomic E-state index is 12.9. The Morgan fingerprint density at radius 3 is 2.49 bits per heavy atom. The molecule has 3 fully saturated rings. The van der Waals surface area contributed by atoms with Crippen molar-refractivity contribution in [3.05, 3.63) is 72.1 Å². The molecule has 1 saturated carbocycles. The zero-order valence-corrected chi connectivity index (χ0v) is 27.3. The Kier molecular flexibility index (Phi) is 8.25. The molecule has 3 aromatic rings. The van der Waals surface area contributed by atoms with E-state index in [0.717, 1.165) is 57.9 Å². The minimum absolute atomic E-state index is 0.0501. The average molecular weight is 631 g/mol. The zero-order valence-electron chi connectivity index (χ0n) is 26.5. The van der Waals surface area contributed by atoms with E-state index in [1.165, 1.54) is 53.9 Å². The molecule has 1 aromatic heterocycles. The SMILES string of the molecule is CC(=O)N[C@@H]1CCC[C@H]1C1(C2CCN(CC3CN(c4ccc(S(=O)(=O)c5cnn(C)c5)cc4)C3)CC2)CNCc2ccccc21. The lowest BCUT2D eigenvalue weighted by Crippen LogP contribution is -2.59. The summed E-state index contributed by atoms with van der Waals surface area (Å²) in [5.41, 5.74) is 4.08. The van der Waals surface area contributed by atoms with E-state index in [-0.39, 0.29) is 22.3 Å². The molecule has 240 valence electrons. The Morgan fingerprint density at radius 1 is 1.02 bits per heavy atom. The molecule has 7 rings (SSSR count). The molecule has 45 heavy (non-hydrogen) atoms. The number of nitrogens with zero attached hydrogens (tertiary/aromatic N) is 4. The maximum Gasteiger partial charge on any atom is 0.217 e. The van der Waals surface area contributed by atoms with Gasteiger partial charge in [-0.1, -0.05) is 30.7 Å². The van der Waals surface area contributed by atoms with Crippen molar-refractivity contribution < 1.29 is 13.2 Å². The second-order valence-electron chi connectivity index (χ2n) is 13.8. The average Bonchev–Trinajstić information content (AvgIpc) is 3.68. The van der Waals surface area contributed by atoms with Crippen molar-refractivity contribution in [2.24, 2.45) is 24.8 Å². The van der Waals surface area contributed by atoms with Crippen LogP contribution in [-0.4, -0.2) is 74.3 Å². The minimum atomic E-state index is -3.56. The molecule has 2 saturated heterocycles. The number of nitrogens with one attached hydrogen (secondary N) is 2. The Labute approximate surface area is 267 Å². The van der Waals surface area contributed by atoms with Crippen LogP contribution in [-0.2, 0) is 33.6 Å². The molecule has 1 aliphatic carbocycles. The first-order chi connectivity index (χ1) is 21.7. The van der Waals surface area contributed by atoms with Crippen LogP contribution in [0, 0.1) is 17.8 Å². The van der Waals surface area contributed by atoms with Crippen molar-refractivity contribution in [2.75, 3.05) is 44.2 Å². The Hall–Kier alpha value is -3.21. The van der Waals surface area contributed by atoms with Crippen LogP contribution in [0.3, 0.4) is 0 Å². The molecular formula is C35H46N6O3S. The molecule has 4 heterocycles. The molecule has 3 atom stereocenters. The number of rotatable bonds is 8. The molecule has 4 aliphatic rings. The number of anilines is 1. The van der Waals surface area contributed by atoms with Crippen molar-refractivity contribution in [2.45, 2.75) is 66.8 Å². The van der Waals surface area contributed by atoms with Gasteiger partial charge in [0, 0.05) is 76.0 Å². The molecular weight excluding hydrogens is 584 g/mol. The molecule has 10 heteroatoms. The van der Waals surface area contributed by atoms with Crippen LogP contribution in [0.25, 0.3) is 0 Å². The van der Waals surface area contributed by atoms with Gasteiger partial charge >= 0.3 is 0 Å². The summed E-state index contributed by atoms with van der Waals surface area (Å²) in [6.07, 6.45) is 8.73. The lowest BCUT2D eigenvalue weighted by molar-refractivity contribution is -0.120. The van der Waals surface area contributed by atoms with Gasteiger partial charge < -0.3 is 20.4 Å². The lowest BCUT2D eigenvalue weighted by atomic mass is 9.56. The summed E-state index contributed by atoms with van der Waals surface area (Å²) in [6, 6.07) is 16.6. The standard InChI is InChI=1S/C35H46N6O3S/c1-25(42)38-34-9-5-8-33(34)35(24-36-18-27-6-3-4-7-32(27)35)28-14-16-40(17-15-28)20-26-21-41(22-26)29-10-12-30(13-11-29)45(43,44)31-19-37-39(2)23-31/h3-4,6-7,10-13,19,23,26,28,33-34,36H,5,8-9,14-18,20-22,24H2,1-2H3,(H,38,42)/t33-,34-,35?/m1/s1. The van der Waals surface area contributed by atoms with Gasteiger partial charge in [-0.05, 0) is 86.0 Å². The summed E-state index contributed by atoms with van der Waals surface area (Å²) in [5.74, 6) is 1.75. The third kappa shape index (κ3) is 5.70. The van der Waals surface area contributed by atoms with Gasteiger partial charge in [0.1, 0.15) is 4.90 Å². The summed E-state index contributed by atoms with van der Waals surface area (Å²) in [7, 11) is -1.84. The fourth-order valence-corrected chi connectivity index (χ4v) is 10.3. The minimum Gasteiger partial charge on any atom is -0.371 e. The van der Waals surface area contributed by atoms with Gasteiger partial charge in [-0.25, -0.2) is 8.42 Å². The highest BCUT2D eigenvalue weighted by Gasteiger charge is 2.53. The van der Waals surface area contributed by atoms with Gasteiger partial charge in [0.15, 0.2) is 0 Å². The van der Waals surface area contributed by atoms with Crippen LogP contribution < -0.4 is 15.5 Å². The zero-order chi connectivity index (χ0) is 31.2. The number of aryl methyl sites for hydroxylation is 1. The molecule has 1 amide bonds. The number of likely N-dealkylation sites (tertiary alicyclic amines) is 1. The van der Waals surface area contributed by atoms with Gasteiger partial charge in [0.05, 0.1) is 11.1 Å². The van der Waals surface area contributed by atoms with E-state index in [4.69, 9.17) is 0 Å². The summed E-state index contributed by atoms with van der Waals surface area (Å²) < 4.78 is 27.4. The van der Waals surface area contributed by atoms with E-state index in [0.29, 0.717) is 22.6 Å². The van der Waals surface area contributed by atoms with Crippen LogP contribution in [0.2, 0.25) is 0 Å². The normalized spacial score (nSPS) is 26.4. The van der Waals surface area contributed by atoms with Gasteiger partial charge in [0.2, 0.25) is 15.7 Å². The van der Waals surface area contributed by atoms with Crippen LogP contribution >= 0.6 is 0 Å². The summed E-state index contributed by atoms with van der Waals surface area (Å²) >= 11 is 0. The second-order valence-corrected chi connectivity index (χ2v) is 15.8. The first-order valence-electron chi connectivity index (χ1n) is 16.6. The number of benzene rings is 2. The monoisotopic (exact) mass is 630 g/mol. The summed E-state index contributed by atoms with van der Waals surface area (Å²) in [4.78, 5) is 17.7. The fourth-order valence-electron chi connectivity index (χ4n) is 9.04. The number of carbonyl (C=O) groups excluding carboxylic acids is 1. The first-order valence-corrected chi connectivity index (χ1v) is 18.1. The summed E-state index contributed by atoms with van der Waals surface area (Å²) in [6.45, 7) is 8.92. The molecule has 9 nitrogen and oxygen atoms in total. The fraction of sp³-hybridized carbons (Fsp3) is 0.543. The smallest absolute Gasteiger partial charge is 0.217 e. The predicted molar refractivity (Wildman–Crippen MR) is 175 cm³/mol. The van der Waals surface area contributed by atoms with Crippen molar-refractivity contribution in [3.8, 4) is 0 Å². The molecule has 0 radical (unpaired) electrons. The number of amides is 1. The third-order valence-corrected chi connectivity index (χ3v) is 12.8. The Balaban J connectivity index is 0.980. The first kappa shape index (κ1) is 30.4. The van der Waals surface area contributed by atoms with E-state index in [2.05, 4.69) is 49.8 Å². The van der Waals surface area contributed by atoms with Crippen LogP contribution in [0.4, 0.5) is 5.69 Å². The van der Waals surface area contributed by atoms with Gasteiger partial charge in [-0.3, -0.25) is 9.48 Å². The summed E-state index contributed by atoms with van der Waals surface area (Å²) in [5, 5.41) is 11.2. The van der Waals surface area contributed by atoms with Crippen molar-refractivity contribution in [1.82, 2.24) is 25.3 Å². The number of piperidine rings is 1. The topological polar surface area (TPSA) is 99.6 Å². The van der Waals surface area contributed by atoms with Gasteiger partial charge in [0.25, 0.3) is 0 Å². The van der Waals surface area contributed by atoms with E-state index in [1.54, 1.807) is 26.1 Å². The molecule has 1 unspecified atom stereocenters. The van der Waals surface area contributed by atoms with Crippen molar-refractivity contribution >= 4 is 21.4 Å². The van der Waals surface area contributed by atoms with E-state index >= 15 is 0 Å². The third-order valence-electron chi connectivity index (χ3n) is 11.1. The molecule has 3 aliphatic heterocycles. The molecule has 0 spiro atoms. The lowest BCUT2D eigenvalue weighted by Gasteiger charge is -2.53. The van der Waals surface area contributed by atoms with Crippen molar-refractivity contribution in [1.29, 1.82) is 0 Å². The number of aromatic nitrogens is 2. The highest BCUT2D eigenvalue weighted by atomic mass is 32.2. The molecule has 2 aromatic carbocycles. The van der Waals surface area contributed by atoms with Crippen LogP contribution in [0.15, 0.2) is 70.7 Å². The van der Waals surface area contributed by atoms with Crippen molar-refractivity contribution in [3.63, 3.8) is 0 Å². The van der Waals surface area contributed by atoms with Crippen LogP contribution in [0.1, 0.15) is 50.2 Å².